The third-order valence-electron chi connectivity index (χ3n) is 4.30. The Balaban J connectivity index is 1.98. The topological polar surface area (TPSA) is 37.2 Å². The van der Waals surface area contributed by atoms with Gasteiger partial charge in [0.2, 0.25) is 0 Å². The van der Waals surface area contributed by atoms with Gasteiger partial charge in [0, 0.05) is 30.5 Å². The quantitative estimate of drug-likeness (QED) is 0.842. The summed E-state index contributed by atoms with van der Waals surface area (Å²) in [6, 6.07) is 4.25. The van der Waals surface area contributed by atoms with Crippen molar-refractivity contribution in [2.45, 2.75) is 58.2 Å². The van der Waals surface area contributed by atoms with Gasteiger partial charge in [-0.25, -0.2) is 0 Å². The van der Waals surface area contributed by atoms with E-state index in [4.69, 9.17) is 0 Å². The number of aliphatic hydroxyl groups is 1. The molecule has 2 N–H and O–H groups in total. The fourth-order valence-electron chi connectivity index (χ4n) is 3.22. The van der Waals surface area contributed by atoms with Crippen LogP contribution in [0.5, 0.6) is 0 Å². The molecular formula is C15H26N2O. The van der Waals surface area contributed by atoms with E-state index in [-0.39, 0.29) is 12.1 Å². The summed E-state index contributed by atoms with van der Waals surface area (Å²) in [5.41, 5.74) is 1.25. The number of hydrogen-bond acceptors (Lipinski definition) is 2. The minimum Gasteiger partial charge on any atom is -0.394 e. The summed E-state index contributed by atoms with van der Waals surface area (Å²) in [5.74, 6) is 0.719. The number of aliphatic hydroxyl groups excluding tert-OH is 1. The molecule has 1 heterocycles. The van der Waals surface area contributed by atoms with E-state index in [0.29, 0.717) is 0 Å². The second-order valence-corrected chi connectivity index (χ2v) is 5.78. The molecule has 1 aliphatic carbocycles. The lowest BCUT2D eigenvalue weighted by atomic mass is 9.77. The summed E-state index contributed by atoms with van der Waals surface area (Å²) >= 11 is 0. The lowest BCUT2D eigenvalue weighted by molar-refractivity contribution is 0.0976. The molecule has 1 fully saturated rings. The minimum atomic E-state index is -0.0551. The lowest BCUT2D eigenvalue weighted by Gasteiger charge is -2.39. The molecule has 1 aliphatic rings. The Kier molecular flexibility index (Phi) is 4.46. The van der Waals surface area contributed by atoms with E-state index in [9.17, 15) is 5.11 Å². The fraction of sp³-hybridized carbons (Fsp3) is 0.733. The van der Waals surface area contributed by atoms with Crippen LogP contribution in [0.4, 0.5) is 0 Å². The highest BCUT2D eigenvalue weighted by molar-refractivity contribution is 5.08. The van der Waals surface area contributed by atoms with Crippen molar-refractivity contribution >= 4 is 0 Å². The summed E-state index contributed by atoms with van der Waals surface area (Å²) in [5, 5.41) is 13.4. The van der Waals surface area contributed by atoms with Crippen molar-refractivity contribution < 1.29 is 5.11 Å². The normalized spacial score (nSPS) is 28.5. The summed E-state index contributed by atoms with van der Waals surface area (Å²) < 4.78 is 2.25. The standard InChI is InChI=1S/C15H26N2O/c1-3-17-9-5-7-14(17)11-16-15(12-18)8-4-6-13(2)10-15/h5,7,9,13,16,18H,3-4,6,8,10-12H2,1-2H3. The predicted octanol–water partition coefficient (Wildman–Crippen LogP) is 2.54. The van der Waals surface area contributed by atoms with Crippen molar-refractivity contribution in [3.8, 4) is 0 Å². The van der Waals surface area contributed by atoms with Crippen molar-refractivity contribution in [1.29, 1.82) is 0 Å². The van der Waals surface area contributed by atoms with Gasteiger partial charge in [-0.1, -0.05) is 19.8 Å². The Morgan fingerprint density at radius 3 is 3.06 bits per heavy atom. The summed E-state index contributed by atoms with van der Waals surface area (Å²) in [7, 11) is 0. The average molecular weight is 250 g/mol. The second kappa shape index (κ2) is 5.89. The molecule has 2 atom stereocenters. The van der Waals surface area contributed by atoms with Crippen molar-refractivity contribution in [1.82, 2.24) is 9.88 Å². The van der Waals surface area contributed by atoms with Crippen molar-refractivity contribution in [2.24, 2.45) is 5.92 Å². The van der Waals surface area contributed by atoms with Gasteiger partial charge in [-0.3, -0.25) is 0 Å². The summed E-state index contributed by atoms with van der Waals surface area (Å²) in [6.07, 6.45) is 6.83. The van der Waals surface area contributed by atoms with Crippen LogP contribution in [0.3, 0.4) is 0 Å². The zero-order valence-electron chi connectivity index (χ0n) is 11.7. The fourth-order valence-corrected chi connectivity index (χ4v) is 3.22. The molecule has 0 saturated heterocycles. The van der Waals surface area contributed by atoms with Crippen LogP contribution in [-0.2, 0) is 13.1 Å². The maximum Gasteiger partial charge on any atom is 0.0613 e. The van der Waals surface area contributed by atoms with E-state index >= 15 is 0 Å². The minimum absolute atomic E-state index is 0.0551. The van der Waals surface area contributed by atoms with Crippen LogP contribution in [0.25, 0.3) is 0 Å². The third-order valence-corrected chi connectivity index (χ3v) is 4.30. The van der Waals surface area contributed by atoms with E-state index in [1.54, 1.807) is 0 Å². The van der Waals surface area contributed by atoms with E-state index in [2.05, 4.69) is 42.1 Å². The Morgan fingerprint density at radius 2 is 2.39 bits per heavy atom. The monoisotopic (exact) mass is 250 g/mol. The van der Waals surface area contributed by atoms with Gasteiger partial charge in [-0.15, -0.1) is 0 Å². The van der Waals surface area contributed by atoms with Gasteiger partial charge >= 0.3 is 0 Å². The van der Waals surface area contributed by atoms with E-state index in [0.717, 1.165) is 31.8 Å². The number of nitrogens with one attached hydrogen (secondary N) is 1. The molecule has 0 bridgehead atoms. The highest BCUT2D eigenvalue weighted by atomic mass is 16.3. The highest BCUT2D eigenvalue weighted by Gasteiger charge is 2.33. The van der Waals surface area contributed by atoms with Crippen molar-refractivity contribution in [3.05, 3.63) is 24.0 Å². The first kappa shape index (κ1) is 13.6. The van der Waals surface area contributed by atoms with Crippen LogP contribution in [0.2, 0.25) is 0 Å². The molecule has 1 saturated carbocycles. The van der Waals surface area contributed by atoms with E-state index in [1.807, 2.05) is 0 Å². The van der Waals surface area contributed by atoms with Crippen LogP contribution in [-0.4, -0.2) is 21.8 Å². The SMILES string of the molecule is CCn1cccc1CNC1(CO)CCCC(C)C1. The van der Waals surface area contributed by atoms with Gasteiger partial charge in [0.05, 0.1) is 6.61 Å². The number of nitrogens with zero attached hydrogens (tertiary/aromatic N) is 1. The van der Waals surface area contributed by atoms with Gasteiger partial charge in [0.25, 0.3) is 0 Å². The predicted molar refractivity (Wildman–Crippen MR) is 74.4 cm³/mol. The zero-order valence-corrected chi connectivity index (χ0v) is 11.7. The maximum absolute atomic E-state index is 9.75. The number of hydrogen-bond donors (Lipinski definition) is 2. The molecule has 18 heavy (non-hydrogen) atoms. The van der Waals surface area contributed by atoms with E-state index < -0.39 is 0 Å². The smallest absolute Gasteiger partial charge is 0.0613 e. The molecule has 0 aromatic carbocycles. The maximum atomic E-state index is 9.75. The Hall–Kier alpha value is -0.800. The molecule has 3 nitrogen and oxygen atoms in total. The molecule has 0 spiro atoms. The average Bonchev–Trinajstić information content (AvgIpc) is 2.84. The van der Waals surface area contributed by atoms with Crippen LogP contribution >= 0.6 is 0 Å². The Morgan fingerprint density at radius 1 is 1.56 bits per heavy atom. The van der Waals surface area contributed by atoms with Gasteiger partial charge in [-0.05, 0) is 37.8 Å². The van der Waals surface area contributed by atoms with Crippen molar-refractivity contribution in [3.63, 3.8) is 0 Å². The number of rotatable bonds is 5. The first-order chi connectivity index (χ1) is 8.69. The molecule has 3 heteroatoms. The van der Waals surface area contributed by atoms with Gasteiger partial charge in [0.15, 0.2) is 0 Å². The second-order valence-electron chi connectivity index (χ2n) is 5.78. The summed E-state index contributed by atoms with van der Waals surface area (Å²) in [6.45, 7) is 6.57. The molecule has 0 radical (unpaired) electrons. The van der Waals surface area contributed by atoms with Crippen LogP contribution in [0, 0.1) is 5.92 Å². The largest absolute Gasteiger partial charge is 0.394 e. The molecule has 0 amide bonds. The van der Waals surface area contributed by atoms with Gasteiger partial charge < -0.3 is 15.0 Å². The molecule has 2 unspecified atom stereocenters. The number of aromatic nitrogens is 1. The first-order valence-corrected chi connectivity index (χ1v) is 7.19. The first-order valence-electron chi connectivity index (χ1n) is 7.19. The number of aryl methyl sites for hydroxylation is 1. The van der Waals surface area contributed by atoms with Crippen LogP contribution < -0.4 is 5.32 Å². The highest BCUT2D eigenvalue weighted by Crippen LogP contribution is 2.32. The van der Waals surface area contributed by atoms with Gasteiger partial charge in [-0.2, -0.15) is 0 Å². The zero-order chi connectivity index (χ0) is 13.0. The molecular weight excluding hydrogens is 224 g/mol. The lowest BCUT2D eigenvalue weighted by Crippen LogP contribution is -2.51. The van der Waals surface area contributed by atoms with Gasteiger partial charge in [0.1, 0.15) is 0 Å². The molecule has 102 valence electrons. The van der Waals surface area contributed by atoms with Crippen molar-refractivity contribution in [2.75, 3.05) is 6.61 Å². The van der Waals surface area contributed by atoms with Crippen LogP contribution in [0.1, 0.15) is 45.2 Å². The Labute approximate surface area is 110 Å². The Bertz CT molecular complexity index is 374. The van der Waals surface area contributed by atoms with E-state index in [1.165, 1.54) is 18.5 Å². The molecule has 1 aromatic heterocycles. The third kappa shape index (κ3) is 2.96. The molecule has 1 aromatic rings. The molecule has 0 aliphatic heterocycles. The van der Waals surface area contributed by atoms with Crippen LogP contribution in [0.15, 0.2) is 18.3 Å². The molecule has 2 rings (SSSR count). The summed E-state index contributed by atoms with van der Waals surface area (Å²) in [4.78, 5) is 0.